The lowest BCUT2D eigenvalue weighted by atomic mass is 9.99. The second-order valence-electron chi connectivity index (χ2n) is 5.37. The Kier molecular flexibility index (Phi) is 4.16. The number of aromatic nitrogens is 1. The molecule has 0 unspecified atom stereocenters. The van der Waals surface area contributed by atoms with Gasteiger partial charge in [-0.05, 0) is 42.3 Å². The molecule has 0 bridgehead atoms. The van der Waals surface area contributed by atoms with Crippen LogP contribution in [0.5, 0.6) is 5.75 Å². The molecular weight excluding hydrogens is 298 g/mol. The summed E-state index contributed by atoms with van der Waals surface area (Å²) in [4.78, 5) is 0. The zero-order valence-electron chi connectivity index (χ0n) is 12.0. The number of rotatable bonds is 4. The third-order valence-electron chi connectivity index (χ3n) is 3.76. The Hall–Kier alpha value is -2.26. The van der Waals surface area contributed by atoms with Crippen LogP contribution in [0.15, 0.2) is 54.9 Å². The summed E-state index contributed by atoms with van der Waals surface area (Å²) in [5, 5.41) is 23.7. The van der Waals surface area contributed by atoms with Crippen LogP contribution in [0.2, 0.25) is 5.02 Å². The Bertz CT molecular complexity index is 797. The minimum atomic E-state index is 0.00411. The van der Waals surface area contributed by atoms with Crippen LogP contribution in [-0.4, -0.2) is 5.11 Å². The Morgan fingerprint density at radius 2 is 1.77 bits per heavy atom. The van der Waals surface area contributed by atoms with Crippen molar-refractivity contribution in [3.8, 4) is 5.75 Å². The van der Waals surface area contributed by atoms with E-state index in [1.807, 2.05) is 24.3 Å². The van der Waals surface area contributed by atoms with Gasteiger partial charge in [-0.25, -0.2) is 0 Å². The lowest BCUT2D eigenvalue weighted by Gasteiger charge is -2.08. The van der Waals surface area contributed by atoms with Crippen molar-refractivity contribution in [3.63, 3.8) is 0 Å². The summed E-state index contributed by atoms with van der Waals surface area (Å²) >= 11 is 6.23. The molecule has 1 N–H and O–H groups in total. The fraction of sp³-hybridized carbons (Fsp3) is 0.167. The Balaban J connectivity index is 1.76. The highest BCUT2D eigenvalue weighted by Gasteiger charge is 2.06. The SMILES string of the molecule is [O-][n+]1cc(O)cc(CCCc2ccc(Cl)c3ccccc23)c1. The first-order valence-corrected chi connectivity index (χ1v) is 7.59. The highest BCUT2D eigenvalue weighted by molar-refractivity contribution is 6.35. The van der Waals surface area contributed by atoms with Crippen molar-refractivity contribution in [2.75, 3.05) is 0 Å². The number of pyridine rings is 1. The second kappa shape index (κ2) is 6.24. The lowest BCUT2D eigenvalue weighted by molar-refractivity contribution is -0.606. The lowest BCUT2D eigenvalue weighted by Crippen LogP contribution is -2.24. The van der Waals surface area contributed by atoms with E-state index in [-0.39, 0.29) is 5.75 Å². The monoisotopic (exact) mass is 313 g/mol. The van der Waals surface area contributed by atoms with Gasteiger partial charge in [0, 0.05) is 16.0 Å². The maximum Gasteiger partial charge on any atom is 0.222 e. The molecule has 0 aliphatic carbocycles. The van der Waals surface area contributed by atoms with Crippen LogP contribution in [-0.2, 0) is 12.8 Å². The first-order valence-electron chi connectivity index (χ1n) is 7.21. The van der Waals surface area contributed by atoms with Crippen LogP contribution in [0.3, 0.4) is 0 Å². The van der Waals surface area contributed by atoms with Gasteiger partial charge in [-0.3, -0.25) is 0 Å². The molecule has 0 spiro atoms. The Labute approximate surface area is 134 Å². The highest BCUT2D eigenvalue weighted by Crippen LogP contribution is 2.27. The molecule has 4 heteroatoms. The van der Waals surface area contributed by atoms with Gasteiger partial charge in [0.2, 0.25) is 6.20 Å². The maximum absolute atomic E-state index is 11.3. The molecule has 0 atom stereocenters. The smallest absolute Gasteiger partial charge is 0.222 e. The van der Waals surface area contributed by atoms with Crippen LogP contribution in [0.1, 0.15) is 17.5 Å². The van der Waals surface area contributed by atoms with Crippen LogP contribution >= 0.6 is 11.6 Å². The van der Waals surface area contributed by atoms with Gasteiger partial charge in [0.25, 0.3) is 0 Å². The number of nitrogens with zero attached hydrogens (tertiary/aromatic N) is 1. The van der Waals surface area contributed by atoms with E-state index in [4.69, 9.17) is 11.6 Å². The van der Waals surface area contributed by atoms with Crippen molar-refractivity contribution in [2.45, 2.75) is 19.3 Å². The van der Waals surface area contributed by atoms with E-state index in [0.29, 0.717) is 4.73 Å². The van der Waals surface area contributed by atoms with Crippen LogP contribution in [0.4, 0.5) is 0 Å². The van der Waals surface area contributed by atoms with E-state index in [0.717, 1.165) is 41.4 Å². The average Bonchev–Trinajstić information content (AvgIpc) is 2.49. The van der Waals surface area contributed by atoms with Gasteiger partial charge in [0.1, 0.15) is 0 Å². The molecule has 1 aromatic heterocycles. The van der Waals surface area contributed by atoms with E-state index in [9.17, 15) is 10.3 Å². The summed E-state index contributed by atoms with van der Waals surface area (Å²) < 4.78 is 0.641. The van der Waals surface area contributed by atoms with Gasteiger partial charge in [-0.2, -0.15) is 4.73 Å². The third-order valence-corrected chi connectivity index (χ3v) is 4.09. The van der Waals surface area contributed by atoms with Gasteiger partial charge in [0.15, 0.2) is 11.9 Å². The van der Waals surface area contributed by atoms with Crippen molar-refractivity contribution in [3.05, 3.63) is 76.2 Å². The number of halogens is 1. The average molecular weight is 314 g/mol. The molecule has 22 heavy (non-hydrogen) atoms. The first-order chi connectivity index (χ1) is 10.6. The largest absolute Gasteiger partial charge is 0.619 e. The first kappa shape index (κ1) is 14.7. The Morgan fingerprint density at radius 1 is 1.00 bits per heavy atom. The summed E-state index contributed by atoms with van der Waals surface area (Å²) in [5.41, 5.74) is 2.09. The van der Waals surface area contributed by atoms with Crippen LogP contribution < -0.4 is 4.73 Å². The highest BCUT2D eigenvalue weighted by atomic mass is 35.5. The van der Waals surface area contributed by atoms with E-state index in [1.54, 1.807) is 6.07 Å². The van der Waals surface area contributed by atoms with E-state index in [2.05, 4.69) is 12.1 Å². The Morgan fingerprint density at radius 3 is 2.55 bits per heavy atom. The third kappa shape index (κ3) is 3.15. The van der Waals surface area contributed by atoms with Crippen LogP contribution in [0.25, 0.3) is 10.8 Å². The molecule has 0 aliphatic heterocycles. The summed E-state index contributed by atoms with van der Waals surface area (Å²) in [5.74, 6) is 0.00411. The van der Waals surface area contributed by atoms with Crippen molar-refractivity contribution < 1.29 is 9.84 Å². The summed E-state index contributed by atoms with van der Waals surface area (Å²) in [6, 6.07) is 13.7. The fourth-order valence-corrected chi connectivity index (χ4v) is 2.99. The number of aryl methyl sites for hydroxylation is 2. The molecule has 0 saturated heterocycles. The van der Waals surface area contributed by atoms with Crippen molar-refractivity contribution in [1.29, 1.82) is 0 Å². The number of aromatic hydroxyl groups is 1. The fourth-order valence-electron chi connectivity index (χ4n) is 2.76. The topological polar surface area (TPSA) is 47.2 Å². The molecule has 2 aromatic carbocycles. The van der Waals surface area contributed by atoms with Gasteiger partial charge in [-0.1, -0.05) is 41.9 Å². The molecule has 0 amide bonds. The predicted molar refractivity (Wildman–Crippen MR) is 88.0 cm³/mol. The van der Waals surface area contributed by atoms with Gasteiger partial charge < -0.3 is 10.3 Å². The van der Waals surface area contributed by atoms with Crippen molar-refractivity contribution in [1.82, 2.24) is 0 Å². The molecule has 3 aromatic rings. The van der Waals surface area contributed by atoms with E-state index < -0.39 is 0 Å². The van der Waals surface area contributed by atoms with Gasteiger partial charge in [0.05, 0.1) is 0 Å². The zero-order chi connectivity index (χ0) is 15.5. The summed E-state index contributed by atoms with van der Waals surface area (Å²) in [7, 11) is 0. The minimum Gasteiger partial charge on any atom is -0.619 e. The van der Waals surface area contributed by atoms with Crippen molar-refractivity contribution in [2.24, 2.45) is 0 Å². The normalized spacial score (nSPS) is 11.0. The van der Waals surface area contributed by atoms with Gasteiger partial charge >= 0.3 is 0 Å². The molecule has 0 radical (unpaired) electrons. The number of hydrogen-bond acceptors (Lipinski definition) is 2. The minimum absolute atomic E-state index is 0.00411. The zero-order valence-corrected chi connectivity index (χ0v) is 12.8. The van der Waals surface area contributed by atoms with Crippen molar-refractivity contribution >= 4 is 22.4 Å². The standard InChI is InChI=1S/C18H16ClNO2/c19-18-9-8-14(16-6-1-2-7-17(16)18)5-3-4-13-10-15(21)12-20(22)11-13/h1-2,6-12,21H,3-5H2. The predicted octanol–water partition coefficient (Wildman–Crippen LogP) is 4.01. The van der Waals surface area contributed by atoms with E-state index in [1.165, 1.54) is 17.1 Å². The maximum atomic E-state index is 11.3. The number of fused-ring (bicyclic) bond motifs is 1. The molecule has 0 aliphatic rings. The molecule has 3 rings (SSSR count). The second-order valence-corrected chi connectivity index (χ2v) is 5.78. The molecule has 1 heterocycles. The summed E-state index contributed by atoms with van der Waals surface area (Å²) in [6.45, 7) is 0. The summed E-state index contributed by atoms with van der Waals surface area (Å²) in [6.07, 6.45) is 5.19. The molecule has 0 fully saturated rings. The molecular formula is C18H16ClNO2. The number of benzene rings is 2. The molecule has 0 saturated carbocycles. The van der Waals surface area contributed by atoms with Crippen LogP contribution in [0, 0.1) is 5.21 Å². The van der Waals surface area contributed by atoms with Gasteiger partial charge in [-0.15, -0.1) is 0 Å². The molecule has 112 valence electrons. The quantitative estimate of drug-likeness (QED) is 0.584. The van der Waals surface area contributed by atoms with E-state index >= 15 is 0 Å². The molecule has 3 nitrogen and oxygen atoms in total. The number of hydrogen-bond donors (Lipinski definition) is 1.